The first kappa shape index (κ1) is 22.2. The molecule has 0 aliphatic rings. The number of carbonyl (C=O) groups excluding carboxylic acids is 1. The number of rotatable bonds is 16. The van der Waals surface area contributed by atoms with Crippen molar-refractivity contribution in [2.24, 2.45) is 0 Å². The van der Waals surface area contributed by atoms with Gasteiger partial charge >= 0.3 is 0 Å². The van der Waals surface area contributed by atoms with Crippen molar-refractivity contribution in [2.75, 3.05) is 0 Å². The predicted molar refractivity (Wildman–Crippen MR) is 108 cm³/mol. The van der Waals surface area contributed by atoms with Crippen molar-refractivity contribution in [3.8, 4) is 0 Å². The molecule has 0 N–H and O–H groups in total. The van der Waals surface area contributed by atoms with Gasteiger partial charge in [0.2, 0.25) is 0 Å². The summed E-state index contributed by atoms with van der Waals surface area (Å²) in [4.78, 5) is 15.4. The molecule has 0 saturated carbocycles. The van der Waals surface area contributed by atoms with Crippen LogP contribution in [0.1, 0.15) is 113 Å². The lowest BCUT2D eigenvalue weighted by atomic mass is 10.0. The molecule has 0 aromatic carbocycles. The fourth-order valence-electron chi connectivity index (χ4n) is 3.33. The summed E-state index contributed by atoms with van der Waals surface area (Å²) in [6, 6.07) is 3.84. The number of carbonyl (C=O) groups is 1. The van der Waals surface area contributed by atoms with Gasteiger partial charge in [-0.1, -0.05) is 96.5 Å². The third-order valence-corrected chi connectivity index (χ3v) is 5.06. The molecule has 0 aliphatic heterocycles. The molecule has 0 fully saturated rings. The largest absolute Gasteiger partial charge is 0.274 e. The maximum atomic E-state index is 11.3. The molecular weight excluding hydrogens is 330 g/mol. The fourth-order valence-corrected chi connectivity index (χ4v) is 3.50. The molecule has 0 spiro atoms. The topological polar surface area (TPSA) is 30.0 Å². The number of pyridine rings is 1. The van der Waals surface area contributed by atoms with Gasteiger partial charge < -0.3 is 0 Å². The lowest BCUT2D eigenvalue weighted by molar-refractivity contribution is 0.107. The van der Waals surface area contributed by atoms with Crippen molar-refractivity contribution in [1.82, 2.24) is 4.98 Å². The number of aromatic nitrogens is 1. The van der Waals surface area contributed by atoms with Crippen molar-refractivity contribution < 1.29 is 4.79 Å². The smallest absolute Gasteiger partial charge is 0.271 e. The van der Waals surface area contributed by atoms with Gasteiger partial charge in [-0.2, -0.15) is 0 Å². The summed E-state index contributed by atoms with van der Waals surface area (Å²) in [5, 5.41) is -0.444. The van der Waals surface area contributed by atoms with Crippen LogP contribution in [0.15, 0.2) is 18.3 Å². The molecule has 0 bridgehead atoms. The summed E-state index contributed by atoms with van der Waals surface area (Å²) in [6.45, 7) is 2.27. The zero-order chi connectivity index (χ0) is 18.2. The number of halogens is 1. The molecule has 1 heterocycles. The Bertz CT molecular complexity index is 461. The molecule has 25 heavy (non-hydrogen) atoms. The van der Waals surface area contributed by atoms with Crippen LogP contribution < -0.4 is 0 Å². The molecule has 0 saturated heterocycles. The standard InChI is InChI=1S/C22H36ClNO/c1-2-3-4-5-6-7-8-9-10-11-12-13-14-15-17-20-18-16-19-24-21(20)22(23)25/h16,18-19H,2-15,17H2,1H3. The second kappa shape index (κ2) is 15.4. The first-order valence-electron chi connectivity index (χ1n) is 10.4. The Balaban J connectivity index is 1.90. The zero-order valence-electron chi connectivity index (χ0n) is 16.1. The quantitative estimate of drug-likeness (QED) is 0.224. The Hall–Kier alpha value is -0.890. The van der Waals surface area contributed by atoms with E-state index in [1.807, 2.05) is 12.1 Å². The van der Waals surface area contributed by atoms with E-state index in [-0.39, 0.29) is 0 Å². The van der Waals surface area contributed by atoms with Crippen molar-refractivity contribution in [1.29, 1.82) is 0 Å². The first-order chi connectivity index (χ1) is 12.3. The Kier molecular flexibility index (Phi) is 13.6. The van der Waals surface area contributed by atoms with Gasteiger partial charge in [-0.15, -0.1) is 0 Å². The number of nitrogens with zero attached hydrogens (tertiary/aromatic N) is 1. The van der Waals surface area contributed by atoms with Gasteiger partial charge in [0.05, 0.1) is 0 Å². The summed E-state index contributed by atoms with van der Waals surface area (Å²) < 4.78 is 0. The molecule has 0 aliphatic carbocycles. The molecule has 3 heteroatoms. The van der Waals surface area contributed by atoms with Crippen LogP contribution >= 0.6 is 11.6 Å². The highest BCUT2D eigenvalue weighted by Crippen LogP contribution is 2.15. The van der Waals surface area contributed by atoms with E-state index in [0.29, 0.717) is 5.69 Å². The van der Waals surface area contributed by atoms with E-state index >= 15 is 0 Å². The summed E-state index contributed by atoms with van der Waals surface area (Å²) in [5.41, 5.74) is 1.42. The van der Waals surface area contributed by atoms with Crippen LogP contribution in [0.5, 0.6) is 0 Å². The van der Waals surface area contributed by atoms with E-state index in [1.165, 1.54) is 83.5 Å². The molecular formula is C22H36ClNO. The molecule has 0 amide bonds. The maximum absolute atomic E-state index is 11.3. The zero-order valence-corrected chi connectivity index (χ0v) is 16.8. The van der Waals surface area contributed by atoms with Gasteiger partial charge in [-0.25, -0.2) is 0 Å². The summed E-state index contributed by atoms with van der Waals surface area (Å²) in [7, 11) is 0. The van der Waals surface area contributed by atoms with Crippen LogP contribution in [-0.4, -0.2) is 10.2 Å². The van der Waals surface area contributed by atoms with Gasteiger partial charge in [0.25, 0.3) is 5.24 Å². The lowest BCUT2D eigenvalue weighted by Crippen LogP contribution is -2.00. The van der Waals surface area contributed by atoms with Crippen molar-refractivity contribution in [2.45, 2.75) is 103 Å². The molecule has 0 unspecified atom stereocenters. The minimum Gasteiger partial charge on any atom is -0.274 e. The maximum Gasteiger partial charge on any atom is 0.271 e. The summed E-state index contributed by atoms with van der Waals surface area (Å²) in [6.07, 6.45) is 21.6. The third kappa shape index (κ3) is 11.4. The van der Waals surface area contributed by atoms with Gasteiger partial charge in [0.15, 0.2) is 0 Å². The normalized spacial score (nSPS) is 11.0. The molecule has 0 atom stereocenters. The minimum absolute atomic E-state index is 0.430. The summed E-state index contributed by atoms with van der Waals surface area (Å²) >= 11 is 5.57. The average Bonchev–Trinajstić information content (AvgIpc) is 2.62. The van der Waals surface area contributed by atoms with Crippen molar-refractivity contribution >= 4 is 16.8 Å². The van der Waals surface area contributed by atoms with Crippen LogP contribution in [0.25, 0.3) is 0 Å². The second-order valence-corrected chi connectivity index (χ2v) is 7.47. The number of hydrogen-bond acceptors (Lipinski definition) is 2. The average molecular weight is 366 g/mol. The highest BCUT2D eigenvalue weighted by atomic mass is 35.5. The van der Waals surface area contributed by atoms with Gasteiger partial charge in [-0.05, 0) is 36.1 Å². The van der Waals surface area contributed by atoms with Crippen molar-refractivity contribution in [3.05, 3.63) is 29.6 Å². The number of unbranched alkanes of at least 4 members (excludes halogenated alkanes) is 13. The monoisotopic (exact) mass is 365 g/mol. The van der Waals surface area contributed by atoms with E-state index in [0.717, 1.165) is 18.4 Å². The van der Waals surface area contributed by atoms with Crippen LogP contribution in [0.2, 0.25) is 0 Å². The fraction of sp³-hybridized carbons (Fsp3) is 0.727. The van der Waals surface area contributed by atoms with E-state index in [1.54, 1.807) is 6.20 Å². The molecule has 2 nitrogen and oxygen atoms in total. The third-order valence-electron chi connectivity index (χ3n) is 4.88. The Labute approximate surface area is 159 Å². The second-order valence-electron chi connectivity index (χ2n) is 7.13. The van der Waals surface area contributed by atoms with Crippen LogP contribution in [0.4, 0.5) is 0 Å². The van der Waals surface area contributed by atoms with E-state index in [2.05, 4.69) is 11.9 Å². The predicted octanol–water partition coefficient (Wildman–Crippen LogP) is 7.48. The van der Waals surface area contributed by atoms with E-state index in [4.69, 9.17) is 11.6 Å². The van der Waals surface area contributed by atoms with Crippen LogP contribution in [-0.2, 0) is 6.42 Å². The molecule has 1 aromatic rings. The molecule has 142 valence electrons. The highest BCUT2D eigenvalue weighted by Gasteiger charge is 2.09. The highest BCUT2D eigenvalue weighted by molar-refractivity contribution is 6.67. The van der Waals surface area contributed by atoms with E-state index < -0.39 is 5.24 Å². The molecule has 1 aromatic heterocycles. The molecule has 0 radical (unpaired) electrons. The van der Waals surface area contributed by atoms with Crippen LogP contribution in [0, 0.1) is 0 Å². The van der Waals surface area contributed by atoms with E-state index in [9.17, 15) is 4.79 Å². The Morgan fingerprint density at radius 3 is 1.80 bits per heavy atom. The summed E-state index contributed by atoms with van der Waals surface area (Å²) in [5.74, 6) is 0. The Morgan fingerprint density at radius 2 is 1.32 bits per heavy atom. The first-order valence-corrected chi connectivity index (χ1v) is 10.8. The lowest BCUT2D eigenvalue weighted by Gasteiger charge is -2.05. The van der Waals surface area contributed by atoms with Gasteiger partial charge in [0, 0.05) is 6.20 Å². The SMILES string of the molecule is CCCCCCCCCCCCCCCCc1cccnc1C(=O)Cl. The van der Waals surface area contributed by atoms with Crippen LogP contribution in [0.3, 0.4) is 0 Å². The van der Waals surface area contributed by atoms with Gasteiger partial charge in [0.1, 0.15) is 5.69 Å². The number of hydrogen-bond donors (Lipinski definition) is 0. The van der Waals surface area contributed by atoms with Crippen molar-refractivity contribution in [3.63, 3.8) is 0 Å². The Morgan fingerprint density at radius 1 is 0.840 bits per heavy atom. The van der Waals surface area contributed by atoms with Gasteiger partial charge in [-0.3, -0.25) is 9.78 Å². The minimum atomic E-state index is -0.444. The molecule has 1 rings (SSSR count). The number of aryl methyl sites for hydroxylation is 1.